The topological polar surface area (TPSA) is 24.5 Å². The van der Waals surface area contributed by atoms with Gasteiger partial charge in [0.1, 0.15) is 0 Å². The molecule has 2 aliphatic rings. The zero-order valence-corrected chi connectivity index (χ0v) is 11.8. The normalized spacial score (nSPS) is 26.8. The molecule has 17 heavy (non-hydrogen) atoms. The van der Waals surface area contributed by atoms with Crippen LogP contribution in [0.4, 0.5) is 0 Å². The summed E-state index contributed by atoms with van der Waals surface area (Å²) in [6.45, 7) is 5.63. The van der Waals surface area contributed by atoms with Crippen molar-refractivity contribution >= 4 is 12.4 Å². The molecule has 1 atom stereocenters. The standard InChI is InChI=1S/C13H26N2O.ClH/c1-15(10-12-5-8-16-9-6-12)11-13-4-2-3-7-14-13;/h12-14H,2-11H2,1H3;1H. The van der Waals surface area contributed by atoms with Gasteiger partial charge in [0.05, 0.1) is 0 Å². The summed E-state index contributed by atoms with van der Waals surface area (Å²) in [5.41, 5.74) is 0. The molecular formula is C13H27ClN2O. The van der Waals surface area contributed by atoms with Crippen molar-refractivity contribution in [2.75, 3.05) is 39.9 Å². The van der Waals surface area contributed by atoms with Crippen molar-refractivity contribution in [3.8, 4) is 0 Å². The molecule has 0 amide bonds. The predicted octanol–water partition coefficient (Wildman–Crippen LogP) is 1.91. The number of piperidine rings is 1. The van der Waals surface area contributed by atoms with E-state index >= 15 is 0 Å². The van der Waals surface area contributed by atoms with Crippen LogP contribution >= 0.6 is 12.4 Å². The minimum Gasteiger partial charge on any atom is -0.381 e. The summed E-state index contributed by atoms with van der Waals surface area (Å²) < 4.78 is 5.40. The van der Waals surface area contributed by atoms with Gasteiger partial charge in [-0.15, -0.1) is 12.4 Å². The van der Waals surface area contributed by atoms with Crippen molar-refractivity contribution in [3.05, 3.63) is 0 Å². The minimum absolute atomic E-state index is 0. The van der Waals surface area contributed by atoms with Crippen LogP contribution in [0.1, 0.15) is 32.1 Å². The monoisotopic (exact) mass is 262 g/mol. The molecule has 102 valence electrons. The molecule has 0 spiro atoms. The van der Waals surface area contributed by atoms with Crippen LogP contribution < -0.4 is 5.32 Å². The van der Waals surface area contributed by atoms with E-state index in [1.54, 1.807) is 0 Å². The zero-order valence-electron chi connectivity index (χ0n) is 11.0. The summed E-state index contributed by atoms with van der Waals surface area (Å²) in [6.07, 6.45) is 6.63. The lowest BCUT2D eigenvalue weighted by Gasteiger charge is -2.31. The number of hydrogen-bond donors (Lipinski definition) is 1. The molecule has 0 aromatic heterocycles. The predicted molar refractivity (Wildman–Crippen MR) is 73.9 cm³/mol. The second kappa shape index (κ2) is 8.30. The maximum absolute atomic E-state index is 5.40. The Bertz CT molecular complexity index is 172. The summed E-state index contributed by atoms with van der Waals surface area (Å²) in [7, 11) is 2.27. The maximum Gasteiger partial charge on any atom is 0.0469 e. The Labute approximate surface area is 112 Å². The Morgan fingerprint density at radius 1 is 1.12 bits per heavy atom. The number of rotatable bonds is 4. The van der Waals surface area contributed by atoms with Gasteiger partial charge >= 0.3 is 0 Å². The summed E-state index contributed by atoms with van der Waals surface area (Å²) in [5, 5.41) is 3.62. The summed E-state index contributed by atoms with van der Waals surface area (Å²) >= 11 is 0. The fraction of sp³-hybridized carbons (Fsp3) is 1.00. The molecule has 0 aromatic carbocycles. The van der Waals surface area contributed by atoms with Crippen LogP contribution in [0.3, 0.4) is 0 Å². The lowest BCUT2D eigenvalue weighted by Crippen LogP contribution is -2.43. The van der Waals surface area contributed by atoms with E-state index in [2.05, 4.69) is 17.3 Å². The van der Waals surface area contributed by atoms with Crippen molar-refractivity contribution in [3.63, 3.8) is 0 Å². The van der Waals surface area contributed by atoms with Gasteiger partial charge in [-0.3, -0.25) is 0 Å². The molecule has 2 rings (SSSR count). The smallest absolute Gasteiger partial charge is 0.0469 e. The lowest BCUT2D eigenvalue weighted by molar-refractivity contribution is 0.0543. The molecule has 3 nitrogen and oxygen atoms in total. The first-order chi connectivity index (χ1) is 7.84. The van der Waals surface area contributed by atoms with E-state index in [1.807, 2.05) is 0 Å². The molecule has 4 heteroatoms. The first kappa shape index (κ1) is 15.2. The highest BCUT2D eigenvalue weighted by molar-refractivity contribution is 5.85. The van der Waals surface area contributed by atoms with Crippen LogP contribution in [0.5, 0.6) is 0 Å². The molecule has 0 radical (unpaired) electrons. The van der Waals surface area contributed by atoms with Gasteiger partial charge in [0.25, 0.3) is 0 Å². The lowest BCUT2D eigenvalue weighted by atomic mass is 9.99. The van der Waals surface area contributed by atoms with E-state index in [1.165, 1.54) is 51.7 Å². The number of hydrogen-bond acceptors (Lipinski definition) is 3. The minimum atomic E-state index is 0. The number of halogens is 1. The first-order valence-electron chi connectivity index (χ1n) is 6.84. The van der Waals surface area contributed by atoms with Crippen LogP contribution in [0.2, 0.25) is 0 Å². The second-order valence-electron chi connectivity index (χ2n) is 5.42. The largest absolute Gasteiger partial charge is 0.381 e. The van der Waals surface area contributed by atoms with Gasteiger partial charge in [0.15, 0.2) is 0 Å². The van der Waals surface area contributed by atoms with Crippen molar-refractivity contribution in [1.29, 1.82) is 0 Å². The second-order valence-corrected chi connectivity index (χ2v) is 5.42. The van der Waals surface area contributed by atoms with E-state index in [9.17, 15) is 0 Å². The number of likely N-dealkylation sites (N-methyl/N-ethyl adjacent to an activating group) is 1. The highest BCUT2D eigenvalue weighted by Crippen LogP contribution is 2.16. The zero-order chi connectivity index (χ0) is 11.2. The first-order valence-corrected chi connectivity index (χ1v) is 6.84. The van der Waals surface area contributed by atoms with Crippen molar-refractivity contribution < 1.29 is 4.74 Å². The van der Waals surface area contributed by atoms with Gasteiger partial charge in [0, 0.05) is 32.3 Å². The average molecular weight is 263 g/mol. The summed E-state index contributed by atoms with van der Waals surface area (Å²) in [4.78, 5) is 2.51. The van der Waals surface area contributed by atoms with Gasteiger partial charge in [-0.25, -0.2) is 0 Å². The van der Waals surface area contributed by atoms with Crippen LogP contribution in [0, 0.1) is 5.92 Å². The highest BCUT2D eigenvalue weighted by atomic mass is 35.5. The van der Waals surface area contributed by atoms with Crippen molar-refractivity contribution in [1.82, 2.24) is 10.2 Å². The van der Waals surface area contributed by atoms with Crippen LogP contribution in [0.15, 0.2) is 0 Å². The molecule has 2 saturated heterocycles. The van der Waals surface area contributed by atoms with Crippen LogP contribution in [-0.4, -0.2) is 50.8 Å². The van der Waals surface area contributed by atoms with Crippen molar-refractivity contribution in [2.45, 2.75) is 38.1 Å². The molecule has 0 aliphatic carbocycles. The Morgan fingerprint density at radius 3 is 2.53 bits per heavy atom. The van der Waals surface area contributed by atoms with Crippen molar-refractivity contribution in [2.24, 2.45) is 5.92 Å². The van der Waals surface area contributed by atoms with E-state index in [4.69, 9.17) is 4.74 Å². The van der Waals surface area contributed by atoms with Gasteiger partial charge < -0.3 is 15.0 Å². The SMILES string of the molecule is CN(CC1CCOCC1)CC1CCCCN1.Cl. The van der Waals surface area contributed by atoms with E-state index in [0.29, 0.717) is 0 Å². The van der Waals surface area contributed by atoms with Gasteiger partial charge in [0.2, 0.25) is 0 Å². The molecule has 2 fully saturated rings. The van der Waals surface area contributed by atoms with E-state index in [-0.39, 0.29) is 12.4 Å². The third-order valence-electron chi connectivity index (χ3n) is 3.86. The number of ether oxygens (including phenoxy) is 1. The van der Waals surface area contributed by atoms with Crippen LogP contribution in [0.25, 0.3) is 0 Å². The maximum atomic E-state index is 5.40. The Kier molecular flexibility index (Phi) is 7.44. The van der Waals surface area contributed by atoms with Gasteiger partial charge in [-0.1, -0.05) is 6.42 Å². The number of nitrogens with zero attached hydrogens (tertiary/aromatic N) is 1. The molecule has 1 N–H and O–H groups in total. The van der Waals surface area contributed by atoms with Crippen LogP contribution in [-0.2, 0) is 4.74 Å². The Hall–Kier alpha value is 0.170. The quantitative estimate of drug-likeness (QED) is 0.838. The Morgan fingerprint density at radius 2 is 1.88 bits per heavy atom. The third kappa shape index (κ3) is 5.56. The van der Waals surface area contributed by atoms with E-state index < -0.39 is 0 Å². The molecule has 0 saturated carbocycles. The third-order valence-corrected chi connectivity index (χ3v) is 3.86. The molecular weight excluding hydrogens is 236 g/mol. The summed E-state index contributed by atoms with van der Waals surface area (Å²) in [5.74, 6) is 0.863. The molecule has 0 aromatic rings. The fourth-order valence-corrected chi connectivity index (χ4v) is 2.90. The number of nitrogens with one attached hydrogen (secondary N) is 1. The Balaban J connectivity index is 0.00000144. The summed E-state index contributed by atoms with van der Waals surface area (Å²) in [6, 6.07) is 0.735. The molecule has 0 bridgehead atoms. The van der Waals surface area contributed by atoms with Gasteiger partial charge in [-0.2, -0.15) is 0 Å². The van der Waals surface area contributed by atoms with E-state index in [0.717, 1.165) is 25.2 Å². The molecule has 1 unspecified atom stereocenters. The van der Waals surface area contributed by atoms with Gasteiger partial charge in [-0.05, 0) is 45.2 Å². The molecule has 2 aliphatic heterocycles. The highest BCUT2D eigenvalue weighted by Gasteiger charge is 2.19. The molecule has 2 heterocycles. The fourth-order valence-electron chi connectivity index (χ4n) is 2.90. The average Bonchev–Trinajstić information content (AvgIpc) is 2.31.